The van der Waals surface area contributed by atoms with Crippen molar-refractivity contribution in [2.75, 3.05) is 6.54 Å². The highest BCUT2D eigenvalue weighted by Gasteiger charge is 2.35. The van der Waals surface area contributed by atoms with Crippen molar-refractivity contribution < 1.29 is 13.2 Å². The predicted octanol–water partition coefficient (Wildman–Crippen LogP) is 5.36. The molecule has 2 unspecified atom stereocenters. The molecule has 0 spiro atoms. The van der Waals surface area contributed by atoms with E-state index in [1.807, 2.05) is 0 Å². The van der Waals surface area contributed by atoms with Crippen LogP contribution in [0.2, 0.25) is 5.02 Å². The SMILES string of the molecule is CC(C)(C)NCc1ccc2c(c1)CCCC2NC(=O)CC1CCCCN1S(=O)(=O)c1cccc(Cl)c1. The summed E-state index contributed by atoms with van der Waals surface area (Å²) in [4.78, 5) is 13.3. The molecule has 36 heavy (non-hydrogen) atoms. The number of halogens is 1. The van der Waals surface area contributed by atoms with E-state index in [9.17, 15) is 13.2 Å². The number of rotatable bonds is 7. The van der Waals surface area contributed by atoms with Crippen LogP contribution >= 0.6 is 11.6 Å². The van der Waals surface area contributed by atoms with Crippen molar-refractivity contribution in [2.45, 2.75) is 94.8 Å². The summed E-state index contributed by atoms with van der Waals surface area (Å²) in [6.45, 7) is 7.71. The van der Waals surface area contributed by atoms with Gasteiger partial charge in [0, 0.05) is 36.1 Å². The third-order valence-corrected chi connectivity index (χ3v) is 9.26. The van der Waals surface area contributed by atoms with E-state index in [0.29, 0.717) is 18.0 Å². The zero-order valence-corrected chi connectivity index (χ0v) is 23.1. The molecule has 8 heteroatoms. The number of sulfonamides is 1. The van der Waals surface area contributed by atoms with Crippen LogP contribution in [0.15, 0.2) is 47.4 Å². The predicted molar refractivity (Wildman–Crippen MR) is 144 cm³/mol. The number of benzene rings is 2. The second-order valence-corrected chi connectivity index (χ2v) is 13.4. The Balaban J connectivity index is 1.44. The minimum absolute atomic E-state index is 0.0348. The molecule has 2 aliphatic rings. The van der Waals surface area contributed by atoms with Gasteiger partial charge in [-0.1, -0.05) is 42.3 Å². The zero-order chi connectivity index (χ0) is 25.9. The van der Waals surface area contributed by atoms with Gasteiger partial charge < -0.3 is 10.6 Å². The van der Waals surface area contributed by atoms with Gasteiger partial charge in [0.2, 0.25) is 15.9 Å². The molecule has 4 rings (SSSR count). The van der Waals surface area contributed by atoms with E-state index in [-0.39, 0.29) is 34.8 Å². The Morgan fingerprint density at radius 3 is 2.64 bits per heavy atom. The van der Waals surface area contributed by atoms with Crippen LogP contribution in [-0.4, -0.2) is 36.8 Å². The lowest BCUT2D eigenvalue weighted by atomic mass is 9.86. The Bertz CT molecular complexity index is 1190. The molecule has 6 nitrogen and oxygen atoms in total. The second-order valence-electron chi connectivity index (χ2n) is 11.1. The van der Waals surface area contributed by atoms with Gasteiger partial charge in [-0.2, -0.15) is 4.31 Å². The Morgan fingerprint density at radius 2 is 1.89 bits per heavy atom. The largest absolute Gasteiger partial charge is 0.349 e. The lowest BCUT2D eigenvalue weighted by molar-refractivity contribution is -0.123. The molecule has 196 valence electrons. The smallest absolute Gasteiger partial charge is 0.243 e. The van der Waals surface area contributed by atoms with E-state index in [1.54, 1.807) is 18.2 Å². The highest BCUT2D eigenvalue weighted by atomic mass is 35.5. The fourth-order valence-electron chi connectivity index (χ4n) is 5.22. The number of nitrogens with zero attached hydrogens (tertiary/aromatic N) is 1. The van der Waals surface area contributed by atoms with Crippen LogP contribution < -0.4 is 10.6 Å². The molecule has 0 radical (unpaired) electrons. The van der Waals surface area contributed by atoms with Crippen molar-refractivity contribution in [2.24, 2.45) is 0 Å². The number of hydrogen-bond donors (Lipinski definition) is 2. The molecule has 0 aromatic heterocycles. The van der Waals surface area contributed by atoms with E-state index >= 15 is 0 Å². The van der Waals surface area contributed by atoms with Crippen LogP contribution in [0.25, 0.3) is 0 Å². The molecule has 1 aliphatic heterocycles. The molecule has 2 N–H and O–H groups in total. The number of carbonyl (C=O) groups excluding carboxylic acids is 1. The highest BCUT2D eigenvalue weighted by molar-refractivity contribution is 7.89. The summed E-state index contributed by atoms with van der Waals surface area (Å²) in [7, 11) is -3.72. The van der Waals surface area contributed by atoms with Crippen LogP contribution in [0.1, 0.15) is 82.0 Å². The molecule has 1 amide bonds. The maximum Gasteiger partial charge on any atom is 0.243 e. The normalized spacial score (nSPS) is 21.1. The topological polar surface area (TPSA) is 78.5 Å². The van der Waals surface area contributed by atoms with Gasteiger partial charge in [0.1, 0.15) is 0 Å². The first-order valence-electron chi connectivity index (χ1n) is 13.0. The summed E-state index contributed by atoms with van der Waals surface area (Å²) >= 11 is 6.06. The van der Waals surface area contributed by atoms with Crippen molar-refractivity contribution in [3.8, 4) is 0 Å². The Morgan fingerprint density at radius 1 is 1.08 bits per heavy atom. The number of amides is 1. The number of piperidine rings is 1. The van der Waals surface area contributed by atoms with E-state index in [0.717, 1.165) is 38.6 Å². The van der Waals surface area contributed by atoms with E-state index in [2.05, 4.69) is 49.6 Å². The van der Waals surface area contributed by atoms with Crippen LogP contribution in [0, 0.1) is 0 Å². The van der Waals surface area contributed by atoms with Crippen LogP contribution in [0.3, 0.4) is 0 Å². The summed E-state index contributed by atoms with van der Waals surface area (Å²) in [5.41, 5.74) is 3.78. The van der Waals surface area contributed by atoms with E-state index in [4.69, 9.17) is 11.6 Å². The van der Waals surface area contributed by atoms with Gasteiger partial charge in [-0.05, 0) is 87.8 Å². The van der Waals surface area contributed by atoms with Crippen LogP contribution in [-0.2, 0) is 27.8 Å². The fourth-order valence-corrected chi connectivity index (χ4v) is 7.21. The third-order valence-electron chi connectivity index (χ3n) is 7.08. The first-order valence-corrected chi connectivity index (χ1v) is 14.8. The molecular formula is C28H38ClN3O3S. The van der Waals surface area contributed by atoms with Crippen molar-refractivity contribution in [1.29, 1.82) is 0 Å². The molecule has 0 bridgehead atoms. The molecule has 1 heterocycles. The number of carbonyl (C=O) groups is 1. The summed E-state index contributed by atoms with van der Waals surface area (Å²) in [6.07, 6.45) is 5.48. The van der Waals surface area contributed by atoms with Gasteiger partial charge in [-0.3, -0.25) is 4.79 Å². The first kappa shape index (κ1) is 27.1. The summed E-state index contributed by atoms with van der Waals surface area (Å²) in [6, 6.07) is 12.5. The number of aryl methyl sites for hydroxylation is 1. The highest BCUT2D eigenvalue weighted by Crippen LogP contribution is 2.32. The molecule has 1 saturated heterocycles. The number of hydrogen-bond acceptors (Lipinski definition) is 4. The minimum atomic E-state index is -3.72. The van der Waals surface area contributed by atoms with Gasteiger partial charge in [0.25, 0.3) is 0 Å². The maximum atomic E-state index is 13.4. The Labute approximate surface area is 220 Å². The summed E-state index contributed by atoms with van der Waals surface area (Å²) in [5.74, 6) is -0.0930. The Kier molecular flexibility index (Phi) is 8.45. The first-order chi connectivity index (χ1) is 17.0. The van der Waals surface area contributed by atoms with Gasteiger partial charge in [-0.15, -0.1) is 0 Å². The van der Waals surface area contributed by atoms with Crippen molar-refractivity contribution >= 4 is 27.5 Å². The molecule has 2 atom stereocenters. The van der Waals surface area contributed by atoms with Crippen LogP contribution in [0.5, 0.6) is 0 Å². The van der Waals surface area contributed by atoms with Crippen molar-refractivity contribution in [3.05, 3.63) is 64.2 Å². The second kappa shape index (κ2) is 11.2. The lowest BCUT2D eigenvalue weighted by Crippen LogP contribution is -2.46. The molecule has 2 aromatic rings. The fraction of sp³-hybridized carbons (Fsp3) is 0.536. The molecule has 2 aromatic carbocycles. The molecular weight excluding hydrogens is 494 g/mol. The molecule has 1 aliphatic carbocycles. The molecule has 0 saturated carbocycles. The summed E-state index contributed by atoms with van der Waals surface area (Å²) < 4.78 is 28.2. The van der Waals surface area contributed by atoms with Crippen molar-refractivity contribution in [1.82, 2.24) is 14.9 Å². The summed E-state index contributed by atoms with van der Waals surface area (Å²) in [5, 5.41) is 7.14. The van der Waals surface area contributed by atoms with E-state index < -0.39 is 10.0 Å². The lowest BCUT2D eigenvalue weighted by Gasteiger charge is -2.35. The Hall–Kier alpha value is -1.93. The van der Waals surface area contributed by atoms with Crippen molar-refractivity contribution in [3.63, 3.8) is 0 Å². The quantitative estimate of drug-likeness (QED) is 0.504. The van der Waals surface area contributed by atoms with Gasteiger partial charge in [0.05, 0.1) is 10.9 Å². The number of nitrogens with one attached hydrogen (secondary N) is 2. The zero-order valence-electron chi connectivity index (χ0n) is 21.5. The standard InChI is InChI=1S/C28H38ClN3O3S/c1-28(2,3)30-19-20-13-14-25-21(16-20)8-6-12-26(25)31-27(33)18-23-10-4-5-15-32(23)36(34,35)24-11-7-9-22(29)17-24/h7,9,11,13-14,16-17,23,26,30H,4-6,8,10,12,15,18-19H2,1-3H3,(H,31,33). The average Bonchev–Trinajstić information content (AvgIpc) is 2.82. The van der Waals surface area contributed by atoms with Crippen LogP contribution in [0.4, 0.5) is 0 Å². The van der Waals surface area contributed by atoms with Gasteiger partial charge in [-0.25, -0.2) is 8.42 Å². The van der Waals surface area contributed by atoms with E-state index in [1.165, 1.54) is 27.1 Å². The van der Waals surface area contributed by atoms with Gasteiger partial charge in [0.15, 0.2) is 0 Å². The maximum absolute atomic E-state index is 13.4. The number of fused-ring (bicyclic) bond motifs is 1. The third kappa shape index (κ3) is 6.68. The monoisotopic (exact) mass is 531 g/mol. The average molecular weight is 532 g/mol. The molecule has 1 fully saturated rings. The minimum Gasteiger partial charge on any atom is -0.349 e. The van der Waals surface area contributed by atoms with Gasteiger partial charge >= 0.3 is 0 Å².